The van der Waals surface area contributed by atoms with Crippen molar-refractivity contribution < 1.29 is 0 Å². The van der Waals surface area contributed by atoms with Gasteiger partial charge in [0.05, 0.1) is 0 Å². The van der Waals surface area contributed by atoms with E-state index in [2.05, 4.69) is 99.0 Å². The molecule has 0 aromatic heterocycles. The van der Waals surface area contributed by atoms with E-state index in [4.69, 9.17) is 0 Å². The minimum Gasteiger partial charge on any atom is -0.349 e. The van der Waals surface area contributed by atoms with E-state index in [1.807, 2.05) is 0 Å². The van der Waals surface area contributed by atoms with Crippen LogP contribution in [-0.4, -0.2) is 19.3 Å². The van der Waals surface area contributed by atoms with Crippen molar-refractivity contribution in [2.75, 3.05) is 22.9 Å². The molecule has 28 heavy (non-hydrogen) atoms. The van der Waals surface area contributed by atoms with Crippen molar-refractivity contribution in [2.45, 2.75) is 53.6 Å². The van der Waals surface area contributed by atoms with Crippen molar-refractivity contribution in [3.05, 3.63) is 71.3 Å². The van der Waals surface area contributed by atoms with E-state index < -0.39 is 0 Å². The summed E-state index contributed by atoms with van der Waals surface area (Å²) in [6, 6.07) is 18.2. The maximum Gasteiger partial charge on any atom is 0.102 e. The lowest BCUT2D eigenvalue weighted by Gasteiger charge is -2.38. The maximum atomic E-state index is 2.63. The van der Waals surface area contributed by atoms with Gasteiger partial charge in [0.15, 0.2) is 0 Å². The average molecular weight is 375 g/mol. The van der Waals surface area contributed by atoms with Crippen molar-refractivity contribution in [1.82, 2.24) is 0 Å². The molecule has 2 heteroatoms. The van der Waals surface area contributed by atoms with Crippen LogP contribution in [0.3, 0.4) is 0 Å². The molecule has 0 bridgehead atoms. The maximum absolute atomic E-state index is 2.63. The Morgan fingerprint density at radius 2 is 1.25 bits per heavy atom. The van der Waals surface area contributed by atoms with Crippen molar-refractivity contribution in [3.8, 4) is 0 Å². The standard InChI is InChI=1S/C26H34N2/c1-19-6-12-23(13-7-19)27-16-17-28(24-14-8-20(2)9-15-24)25(27)18-22-11-10-21(3)26(22,4)5/h6-10,12-15,22,25H,11,16-18H2,1-5H3. The fourth-order valence-corrected chi connectivity index (χ4v) is 4.86. The molecular formula is C26H34N2. The fourth-order valence-electron chi connectivity index (χ4n) is 4.86. The third-order valence-corrected chi connectivity index (χ3v) is 7.27. The van der Waals surface area contributed by atoms with Gasteiger partial charge in [0.25, 0.3) is 0 Å². The number of benzene rings is 2. The van der Waals surface area contributed by atoms with Gasteiger partial charge in [-0.1, -0.05) is 60.9 Å². The van der Waals surface area contributed by atoms with Gasteiger partial charge in [-0.15, -0.1) is 0 Å². The molecule has 2 aromatic rings. The van der Waals surface area contributed by atoms with Gasteiger partial charge in [-0.05, 0) is 69.2 Å². The molecule has 1 unspecified atom stereocenters. The Bertz CT molecular complexity index is 792. The molecule has 1 heterocycles. The predicted octanol–water partition coefficient (Wildman–Crippen LogP) is 6.34. The Morgan fingerprint density at radius 1 is 0.786 bits per heavy atom. The third kappa shape index (κ3) is 3.45. The number of hydrogen-bond acceptors (Lipinski definition) is 2. The summed E-state index contributed by atoms with van der Waals surface area (Å²) in [6.45, 7) is 13.7. The first-order valence-corrected chi connectivity index (χ1v) is 10.7. The molecule has 1 fully saturated rings. The van der Waals surface area contributed by atoms with Crippen molar-refractivity contribution in [3.63, 3.8) is 0 Å². The molecule has 0 N–H and O–H groups in total. The van der Waals surface area contributed by atoms with Crippen LogP contribution in [0.25, 0.3) is 0 Å². The van der Waals surface area contributed by atoms with Gasteiger partial charge in [-0.2, -0.15) is 0 Å². The molecular weight excluding hydrogens is 340 g/mol. The topological polar surface area (TPSA) is 6.48 Å². The van der Waals surface area contributed by atoms with Gasteiger partial charge < -0.3 is 9.80 Å². The lowest BCUT2D eigenvalue weighted by Crippen LogP contribution is -2.42. The largest absolute Gasteiger partial charge is 0.349 e. The highest BCUT2D eigenvalue weighted by atomic mass is 15.4. The number of anilines is 2. The van der Waals surface area contributed by atoms with Crippen LogP contribution in [0.2, 0.25) is 0 Å². The highest BCUT2D eigenvalue weighted by Gasteiger charge is 2.41. The third-order valence-electron chi connectivity index (χ3n) is 7.27. The van der Waals surface area contributed by atoms with Crippen LogP contribution in [0.5, 0.6) is 0 Å². The first kappa shape index (κ1) is 19.1. The zero-order chi connectivity index (χ0) is 19.9. The zero-order valence-corrected chi connectivity index (χ0v) is 18.1. The molecule has 0 amide bonds. The van der Waals surface area contributed by atoms with Crippen molar-refractivity contribution in [2.24, 2.45) is 11.3 Å². The monoisotopic (exact) mass is 374 g/mol. The average Bonchev–Trinajstić information content (AvgIpc) is 3.19. The number of hydrogen-bond donors (Lipinski definition) is 0. The van der Waals surface area contributed by atoms with E-state index >= 15 is 0 Å². The van der Waals surface area contributed by atoms with Crippen LogP contribution in [0.15, 0.2) is 60.2 Å². The van der Waals surface area contributed by atoms with Crippen LogP contribution >= 0.6 is 0 Å². The normalized spacial score (nSPS) is 22.0. The molecule has 1 saturated heterocycles. The molecule has 2 aliphatic rings. The lowest BCUT2D eigenvalue weighted by molar-refractivity contribution is 0.259. The Labute approximate surface area is 170 Å². The number of rotatable bonds is 4. The van der Waals surface area contributed by atoms with E-state index in [9.17, 15) is 0 Å². The van der Waals surface area contributed by atoms with Gasteiger partial charge >= 0.3 is 0 Å². The highest BCUT2D eigenvalue weighted by Crippen LogP contribution is 2.47. The molecule has 1 atom stereocenters. The van der Waals surface area contributed by atoms with Crippen LogP contribution < -0.4 is 9.80 Å². The first-order valence-electron chi connectivity index (χ1n) is 10.7. The van der Waals surface area contributed by atoms with E-state index in [1.54, 1.807) is 5.57 Å². The fraction of sp³-hybridized carbons (Fsp3) is 0.462. The number of allylic oxidation sites excluding steroid dienone is 2. The molecule has 1 aliphatic carbocycles. The van der Waals surface area contributed by atoms with E-state index in [0.29, 0.717) is 17.5 Å². The molecule has 2 aromatic carbocycles. The summed E-state index contributed by atoms with van der Waals surface area (Å²) >= 11 is 0. The summed E-state index contributed by atoms with van der Waals surface area (Å²) in [7, 11) is 0. The van der Waals surface area contributed by atoms with Crippen LogP contribution in [0.4, 0.5) is 11.4 Å². The highest BCUT2D eigenvalue weighted by molar-refractivity contribution is 5.57. The summed E-state index contributed by atoms with van der Waals surface area (Å²) in [4.78, 5) is 5.26. The Hall–Kier alpha value is -2.22. The van der Waals surface area contributed by atoms with E-state index in [1.165, 1.54) is 35.3 Å². The van der Waals surface area contributed by atoms with E-state index in [-0.39, 0.29) is 0 Å². The van der Waals surface area contributed by atoms with Crippen LogP contribution in [-0.2, 0) is 0 Å². The Balaban J connectivity index is 1.65. The summed E-state index contributed by atoms with van der Waals surface area (Å²) in [5, 5.41) is 0. The second kappa shape index (κ2) is 7.31. The second-order valence-electron chi connectivity index (χ2n) is 9.32. The first-order chi connectivity index (χ1) is 13.4. The SMILES string of the molecule is CC1=CCC(CC2N(c3ccc(C)cc3)CCN2c2ccc(C)cc2)C1(C)C. The van der Waals surface area contributed by atoms with Crippen LogP contribution in [0.1, 0.15) is 44.7 Å². The Kier molecular flexibility index (Phi) is 4.99. The molecule has 4 rings (SSSR count). The van der Waals surface area contributed by atoms with Gasteiger partial charge in [0, 0.05) is 24.5 Å². The smallest absolute Gasteiger partial charge is 0.102 e. The summed E-state index contributed by atoms with van der Waals surface area (Å²) < 4.78 is 0. The van der Waals surface area contributed by atoms with Gasteiger partial charge in [0.2, 0.25) is 0 Å². The van der Waals surface area contributed by atoms with Crippen molar-refractivity contribution >= 4 is 11.4 Å². The van der Waals surface area contributed by atoms with Crippen molar-refractivity contribution in [1.29, 1.82) is 0 Å². The van der Waals surface area contributed by atoms with E-state index in [0.717, 1.165) is 13.1 Å². The molecule has 1 aliphatic heterocycles. The van der Waals surface area contributed by atoms with Gasteiger partial charge in [-0.3, -0.25) is 0 Å². The molecule has 0 spiro atoms. The summed E-state index contributed by atoms with van der Waals surface area (Å²) in [5.74, 6) is 0.691. The zero-order valence-electron chi connectivity index (χ0n) is 18.1. The molecule has 0 saturated carbocycles. The Morgan fingerprint density at radius 3 is 1.64 bits per heavy atom. The minimum absolute atomic E-state index is 0.292. The quantitative estimate of drug-likeness (QED) is 0.576. The summed E-state index contributed by atoms with van der Waals surface area (Å²) in [5.41, 5.74) is 7.20. The number of aryl methyl sites for hydroxylation is 2. The second-order valence-corrected chi connectivity index (χ2v) is 9.32. The minimum atomic E-state index is 0.292. The van der Waals surface area contributed by atoms with Gasteiger partial charge in [0.1, 0.15) is 6.17 Å². The molecule has 0 radical (unpaired) electrons. The van der Waals surface area contributed by atoms with Crippen LogP contribution in [0, 0.1) is 25.2 Å². The van der Waals surface area contributed by atoms with Gasteiger partial charge in [-0.25, -0.2) is 0 Å². The predicted molar refractivity (Wildman–Crippen MR) is 121 cm³/mol. The lowest BCUT2D eigenvalue weighted by atomic mass is 9.75. The number of nitrogens with zero attached hydrogens (tertiary/aromatic N) is 2. The molecule has 148 valence electrons. The molecule has 2 nitrogen and oxygen atoms in total. The summed E-state index contributed by atoms with van der Waals surface area (Å²) in [6.07, 6.45) is 5.28.